The van der Waals surface area contributed by atoms with Crippen molar-refractivity contribution in [3.05, 3.63) is 0 Å². The van der Waals surface area contributed by atoms with E-state index in [9.17, 15) is 0 Å². The van der Waals surface area contributed by atoms with Gasteiger partial charge in [-0.05, 0) is 56.9 Å². The van der Waals surface area contributed by atoms with Crippen molar-refractivity contribution in [2.75, 3.05) is 6.54 Å². The minimum Gasteiger partial charge on any atom is -0.314 e. The molecule has 0 bridgehead atoms. The average molecular weight is 223 g/mol. The Morgan fingerprint density at radius 3 is 2.31 bits per heavy atom. The molecule has 1 N–H and O–H groups in total. The fourth-order valence-corrected chi connectivity index (χ4v) is 3.46. The topological polar surface area (TPSA) is 12.0 Å². The van der Waals surface area contributed by atoms with Gasteiger partial charge >= 0.3 is 0 Å². The van der Waals surface area contributed by atoms with Crippen LogP contribution in [0.3, 0.4) is 0 Å². The Morgan fingerprint density at radius 2 is 1.62 bits per heavy atom. The minimum absolute atomic E-state index is 0.847. The standard InChI is InChI=1S/C15H29N/c1-13-8-10-15(11-9-13)16-12-4-7-14-5-2-3-6-14/h13-16H,2-12H2,1H3. The Morgan fingerprint density at radius 1 is 0.938 bits per heavy atom. The van der Waals surface area contributed by atoms with E-state index in [1.807, 2.05) is 0 Å². The summed E-state index contributed by atoms with van der Waals surface area (Å²) in [5.41, 5.74) is 0. The zero-order valence-electron chi connectivity index (χ0n) is 11.0. The third kappa shape index (κ3) is 4.08. The maximum Gasteiger partial charge on any atom is 0.00672 e. The van der Waals surface area contributed by atoms with Gasteiger partial charge in [-0.1, -0.05) is 32.6 Å². The van der Waals surface area contributed by atoms with Crippen molar-refractivity contribution in [3.63, 3.8) is 0 Å². The number of hydrogen-bond acceptors (Lipinski definition) is 1. The van der Waals surface area contributed by atoms with Crippen molar-refractivity contribution < 1.29 is 0 Å². The molecule has 0 aliphatic heterocycles. The number of hydrogen-bond donors (Lipinski definition) is 1. The smallest absolute Gasteiger partial charge is 0.00672 e. The first kappa shape index (κ1) is 12.4. The molecule has 0 aromatic rings. The molecule has 0 atom stereocenters. The van der Waals surface area contributed by atoms with Gasteiger partial charge in [-0.25, -0.2) is 0 Å². The average Bonchev–Trinajstić information content (AvgIpc) is 2.80. The van der Waals surface area contributed by atoms with Crippen molar-refractivity contribution >= 4 is 0 Å². The van der Waals surface area contributed by atoms with Gasteiger partial charge in [-0.2, -0.15) is 0 Å². The highest BCUT2D eigenvalue weighted by molar-refractivity contribution is 4.75. The van der Waals surface area contributed by atoms with E-state index in [-0.39, 0.29) is 0 Å². The predicted molar refractivity (Wildman–Crippen MR) is 70.6 cm³/mol. The largest absolute Gasteiger partial charge is 0.314 e. The molecule has 0 saturated heterocycles. The summed E-state index contributed by atoms with van der Waals surface area (Å²) < 4.78 is 0. The molecule has 2 fully saturated rings. The summed E-state index contributed by atoms with van der Waals surface area (Å²) in [4.78, 5) is 0. The van der Waals surface area contributed by atoms with Crippen LogP contribution in [-0.4, -0.2) is 12.6 Å². The molecule has 0 aromatic heterocycles. The highest BCUT2D eigenvalue weighted by atomic mass is 14.9. The van der Waals surface area contributed by atoms with E-state index in [1.54, 1.807) is 0 Å². The maximum atomic E-state index is 3.77. The lowest BCUT2D eigenvalue weighted by molar-refractivity contribution is 0.304. The molecule has 16 heavy (non-hydrogen) atoms. The molecular formula is C15H29N. The van der Waals surface area contributed by atoms with Gasteiger partial charge in [0.2, 0.25) is 0 Å². The van der Waals surface area contributed by atoms with Crippen LogP contribution in [0.2, 0.25) is 0 Å². The van der Waals surface area contributed by atoms with Crippen molar-refractivity contribution in [1.29, 1.82) is 0 Å². The van der Waals surface area contributed by atoms with Crippen LogP contribution in [0.5, 0.6) is 0 Å². The summed E-state index contributed by atoms with van der Waals surface area (Å²) in [7, 11) is 0. The van der Waals surface area contributed by atoms with E-state index in [1.165, 1.54) is 70.8 Å². The van der Waals surface area contributed by atoms with Crippen molar-refractivity contribution in [2.24, 2.45) is 11.8 Å². The predicted octanol–water partition coefficient (Wildman–Crippen LogP) is 4.13. The fourth-order valence-electron chi connectivity index (χ4n) is 3.46. The molecule has 2 aliphatic rings. The zero-order chi connectivity index (χ0) is 11.2. The molecule has 2 saturated carbocycles. The van der Waals surface area contributed by atoms with E-state index in [2.05, 4.69) is 12.2 Å². The van der Waals surface area contributed by atoms with Crippen LogP contribution in [0.1, 0.15) is 71.1 Å². The van der Waals surface area contributed by atoms with Crippen LogP contribution in [0.4, 0.5) is 0 Å². The third-order valence-corrected chi connectivity index (χ3v) is 4.71. The van der Waals surface area contributed by atoms with Crippen molar-refractivity contribution in [2.45, 2.75) is 77.2 Å². The molecule has 94 valence electrons. The van der Waals surface area contributed by atoms with E-state index in [4.69, 9.17) is 0 Å². The molecule has 0 heterocycles. The molecule has 0 radical (unpaired) electrons. The lowest BCUT2D eigenvalue weighted by atomic mass is 9.87. The quantitative estimate of drug-likeness (QED) is 0.691. The van der Waals surface area contributed by atoms with Crippen LogP contribution >= 0.6 is 0 Å². The molecule has 0 amide bonds. The minimum atomic E-state index is 0.847. The maximum absolute atomic E-state index is 3.77. The summed E-state index contributed by atoms with van der Waals surface area (Å²) in [6.07, 6.45) is 14.7. The van der Waals surface area contributed by atoms with Gasteiger partial charge in [0.25, 0.3) is 0 Å². The zero-order valence-corrected chi connectivity index (χ0v) is 11.0. The molecule has 0 aromatic carbocycles. The van der Waals surface area contributed by atoms with E-state index in [0.29, 0.717) is 0 Å². The number of nitrogens with one attached hydrogen (secondary N) is 1. The summed E-state index contributed by atoms with van der Waals surface area (Å²) in [6, 6.07) is 0.847. The highest BCUT2D eigenvalue weighted by Crippen LogP contribution is 2.28. The second kappa shape index (κ2) is 6.64. The first-order chi connectivity index (χ1) is 7.84. The SMILES string of the molecule is CC1CCC(NCCCC2CCCC2)CC1. The molecule has 0 spiro atoms. The van der Waals surface area contributed by atoms with Crippen molar-refractivity contribution in [1.82, 2.24) is 5.32 Å². The van der Waals surface area contributed by atoms with Crippen LogP contribution in [0.25, 0.3) is 0 Å². The summed E-state index contributed by atoms with van der Waals surface area (Å²) >= 11 is 0. The molecule has 2 aliphatic carbocycles. The Labute approximate surface area is 101 Å². The first-order valence-electron chi connectivity index (χ1n) is 7.58. The lowest BCUT2D eigenvalue weighted by Gasteiger charge is -2.27. The lowest BCUT2D eigenvalue weighted by Crippen LogP contribution is -2.33. The van der Waals surface area contributed by atoms with Gasteiger partial charge in [0.15, 0.2) is 0 Å². The monoisotopic (exact) mass is 223 g/mol. The van der Waals surface area contributed by atoms with Crippen LogP contribution in [0.15, 0.2) is 0 Å². The van der Waals surface area contributed by atoms with Crippen LogP contribution < -0.4 is 5.32 Å². The summed E-state index contributed by atoms with van der Waals surface area (Å²) in [6.45, 7) is 3.67. The molecule has 0 unspecified atom stereocenters. The Bertz CT molecular complexity index is 176. The van der Waals surface area contributed by atoms with E-state index < -0.39 is 0 Å². The second-order valence-electron chi connectivity index (χ2n) is 6.20. The van der Waals surface area contributed by atoms with Gasteiger partial charge < -0.3 is 5.32 Å². The summed E-state index contributed by atoms with van der Waals surface area (Å²) in [5.74, 6) is 2.06. The fraction of sp³-hybridized carbons (Fsp3) is 1.00. The molecule has 1 nitrogen and oxygen atoms in total. The molecule has 1 heteroatoms. The highest BCUT2D eigenvalue weighted by Gasteiger charge is 2.18. The van der Waals surface area contributed by atoms with Gasteiger partial charge in [0.05, 0.1) is 0 Å². The number of rotatable bonds is 5. The normalized spacial score (nSPS) is 32.1. The van der Waals surface area contributed by atoms with Gasteiger partial charge in [-0.15, -0.1) is 0 Å². The second-order valence-corrected chi connectivity index (χ2v) is 6.20. The van der Waals surface area contributed by atoms with Crippen molar-refractivity contribution in [3.8, 4) is 0 Å². The van der Waals surface area contributed by atoms with Crippen LogP contribution in [-0.2, 0) is 0 Å². The van der Waals surface area contributed by atoms with E-state index >= 15 is 0 Å². The Hall–Kier alpha value is -0.0400. The van der Waals surface area contributed by atoms with Crippen LogP contribution in [0, 0.1) is 11.8 Å². The third-order valence-electron chi connectivity index (χ3n) is 4.71. The Balaban J connectivity index is 1.48. The molecular weight excluding hydrogens is 194 g/mol. The summed E-state index contributed by atoms with van der Waals surface area (Å²) in [5, 5.41) is 3.77. The molecule has 2 rings (SSSR count). The van der Waals surface area contributed by atoms with Gasteiger partial charge in [-0.3, -0.25) is 0 Å². The van der Waals surface area contributed by atoms with E-state index in [0.717, 1.165) is 17.9 Å². The van der Waals surface area contributed by atoms with Gasteiger partial charge in [0, 0.05) is 6.04 Å². The first-order valence-corrected chi connectivity index (χ1v) is 7.58. The Kier molecular flexibility index (Phi) is 5.15. The van der Waals surface area contributed by atoms with Gasteiger partial charge in [0.1, 0.15) is 0 Å².